The van der Waals surface area contributed by atoms with E-state index in [1.54, 1.807) is 25.6 Å². The normalized spacial score (nSPS) is 28.8. The summed E-state index contributed by atoms with van der Waals surface area (Å²) in [6.07, 6.45) is 1.18. The lowest BCUT2D eigenvalue weighted by molar-refractivity contribution is -0.0157. The van der Waals surface area contributed by atoms with Crippen LogP contribution in [-0.4, -0.2) is 74.9 Å². The maximum atomic E-state index is 12.8. The Kier molecular flexibility index (Phi) is 5.13. The Morgan fingerprint density at radius 2 is 2.27 bits per heavy atom. The Morgan fingerprint density at radius 3 is 2.95 bits per heavy atom. The second-order valence-electron chi connectivity index (χ2n) is 6.06. The number of fused-ring (bicyclic) bond motifs is 1. The lowest BCUT2D eigenvalue weighted by Crippen LogP contribution is -2.53. The summed E-state index contributed by atoms with van der Waals surface area (Å²) in [5, 5.41) is 3.91. The van der Waals surface area contributed by atoms with Gasteiger partial charge >= 0.3 is 0 Å². The quantitative estimate of drug-likeness (QED) is 0.824. The zero-order valence-electron chi connectivity index (χ0n) is 13.2. The number of ether oxygens (including phenoxy) is 2. The van der Waals surface area contributed by atoms with E-state index in [-0.39, 0.29) is 18.1 Å². The monoisotopic (exact) mass is 324 g/mol. The molecule has 0 spiro atoms. The van der Waals surface area contributed by atoms with Gasteiger partial charge in [0.15, 0.2) is 0 Å². The zero-order valence-corrected chi connectivity index (χ0v) is 14.1. The summed E-state index contributed by atoms with van der Waals surface area (Å²) in [5.74, 6) is 0.567. The summed E-state index contributed by atoms with van der Waals surface area (Å²) in [6.45, 7) is 4.34. The summed E-state index contributed by atoms with van der Waals surface area (Å²) in [6, 6.07) is 2.17. The summed E-state index contributed by atoms with van der Waals surface area (Å²) in [7, 11) is 3.52. The van der Waals surface area contributed by atoms with Crippen molar-refractivity contribution in [1.82, 2.24) is 9.80 Å². The minimum atomic E-state index is 0.166. The lowest BCUT2D eigenvalue weighted by Gasteiger charge is -2.41. The fraction of sp³-hybridized carbons (Fsp3) is 0.688. The van der Waals surface area contributed by atoms with Crippen molar-refractivity contribution in [2.45, 2.75) is 18.6 Å². The topological polar surface area (TPSA) is 42.0 Å². The number of amides is 1. The van der Waals surface area contributed by atoms with Gasteiger partial charge in [0.25, 0.3) is 5.91 Å². The maximum Gasteiger partial charge on any atom is 0.255 e. The van der Waals surface area contributed by atoms with Crippen LogP contribution in [-0.2, 0) is 9.47 Å². The van der Waals surface area contributed by atoms with Crippen molar-refractivity contribution < 1.29 is 14.3 Å². The number of likely N-dealkylation sites (tertiary alicyclic amines) is 2. The molecular weight excluding hydrogens is 300 g/mol. The number of nitrogens with zero attached hydrogens (tertiary/aromatic N) is 2. The van der Waals surface area contributed by atoms with Crippen molar-refractivity contribution in [3.8, 4) is 0 Å². The smallest absolute Gasteiger partial charge is 0.255 e. The number of methoxy groups -OCH3 is 2. The van der Waals surface area contributed by atoms with Gasteiger partial charge in [-0.2, -0.15) is 11.3 Å². The first-order valence-corrected chi connectivity index (χ1v) is 8.76. The van der Waals surface area contributed by atoms with E-state index in [9.17, 15) is 4.79 Å². The molecular formula is C16H24N2O3S. The standard InChI is InChI=1S/C16H24N2O3S/c1-20-7-6-17-9-13-14(10-17)18(5-3-15(13)21-2)16(19)12-4-8-22-11-12/h4,8,11,13-15H,3,5-7,9-10H2,1-2H3/t13-,14+,15+/m0/s1. The molecule has 3 heterocycles. The third-order valence-electron chi connectivity index (χ3n) is 4.88. The first kappa shape index (κ1) is 15.9. The third-order valence-corrected chi connectivity index (χ3v) is 5.57. The molecule has 2 aliphatic rings. The van der Waals surface area contributed by atoms with Crippen molar-refractivity contribution >= 4 is 17.2 Å². The second kappa shape index (κ2) is 7.08. The molecule has 1 amide bonds. The highest BCUT2D eigenvalue weighted by atomic mass is 32.1. The van der Waals surface area contributed by atoms with E-state index in [0.717, 1.165) is 44.8 Å². The molecule has 0 bridgehead atoms. The van der Waals surface area contributed by atoms with E-state index in [1.165, 1.54) is 0 Å². The van der Waals surface area contributed by atoms with Crippen molar-refractivity contribution in [3.63, 3.8) is 0 Å². The van der Waals surface area contributed by atoms with Crippen LogP contribution in [0.2, 0.25) is 0 Å². The van der Waals surface area contributed by atoms with Crippen LogP contribution >= 0.6 is 11.3 Å². The molecule has 0 unspecified atom stereocenters. The average Bonchev–Trinajstić information content (AvgIpc) is 3.20. The van der Waals surface area contributed by atoms with Crippen molar-refractivity contribution in [2.24, 2.45) is 5.92 Å². The Bertz CT molecular complexity index is 494. The van der Waals surface area contributed by atoms with E-state index in [1.807, 2.05) is 16.8 Å². The highest BCUT2D eigenvalue weighted by molar-refractivity contribution is 7.08. The zero-order chi connectivity index (χ0) is 15.5. The molecule has 6 heteroatoms. The largest absolute Gasteiger partial charge is 0.383 e. The van der Waals surface area contributed by atoms with Crippen LogP contribution in [0.5, 0.6) is 0 Å². The number of carbonyl (C=O) groups is 1. The molecule has 0 radical (unpaired) electrons. The fourth-order valence-corrected chi connectivity index (χ4v) is 4.37. The first-order chi connectivity index (χ1) is 10.7. The van der Waals surface area contributed by atoms with Crippen LogP contribution in [0.1, 0.15) is 16.8 Å². The predicted octanol–water partition coefficient (Wildman–Crippen LogP) is 1.56. The van der Waals surface area contributed by atoms with Gasteiger partial charge in [0.05, 0.1) is 24.3 Å². The van der Waals surface area contributed by atoms with Gasteiger partial charge in [-0.25, -0.2) is 0 Å². The van der Waals surface area contributed by atoms with Gasteiger partial charge < -0.3 is 14.4 Å². The predicted molar refractivity (Wildman–Crippen MR) is 86.4 cm³/mol. The summed E-state index contributed by atoms with van der Waals surface area (Å²) in [5.41, 5.74) is 0.815. The Labute approximate surface area is 135 Å². The van der Waals surface area contributed by atoms with Gasteiger partial charge in [0.1, 0.15) is 0 Å². The van der Waals surface area contributed by atoms with E-state index in [4.69, 9.17) is 9.47 Å². The number of rotatable bonds is 5. The molecule has 1 aromatic rings. The Hall–Kier alpha value is -0.950. The van der Waals surface area contributed by atoms with Crippen molar-refractivity contribution in [3.05, 3.63) is 22.4 Å². The summed E-state index contributed by atoms with van der Waals surface area (Å²) in [4.78, 5) is 17.2. The molecule has 5 nitrogen and oxygen atoms in total. The van der Waals surface area contributed by atoms with E-state index < -0.39 is 0 Å². The number of hydrogen-bond donors (Lipinski definition) is 0. The maximum absolute atomic E-state index is 12.8. The molecule has 2 fully saturated rings. The molecule has 0 N–H and O–H groups in total. The molecule has 2 aliphatic heterocycles. The van der Waals surface area contributed by atoms with E-state index >= 15 is 0 Å². The van der Waals surface area contributed by atoms with Gasteiger partial charge in [-0.1, -0.05) is 0 Å². The van der Waals surface area contributed by atoms with Crippen LogP contribution < -0.4 is 0 Å². The fourth-order valence-electron chi connectivity index (χ4n) is 3.74. The average molecular weight is 324 g/mol. The first-order valence-electron chi connectivity index (χ1n) is 7.82. The molecule has 122 valence electrons. The second-order valence-corrected chi connectivity index (χ2v) is 6.84. The van der Waals surface area contributed by atoms with E-state index in [2.05, 4.69) is 9.80 Å². The van der Waals surface area contributed by atoms with Crippen LogP contribution in [0.4, 0.5) is 0 Å². The van der Waals surface area contributed by atoms with Crippen molar-refractivity contribution in [2.75, 3.05) is 47.0 Å². The van der Waals surface area contributed by atoms with Crippen molar-refractivity contribution in [1.29, 1.82) is 0 Å². The molecule has 0 aromatic carbocycles. The highest BCUT2D eigenvalue weighted by Gasteiger charge is 2.45. The minimum Gasteiger partial charge on any atom is -0.383 e. The Morgan fingerprint density at radius 1 is 1.41 bits per heavy atom. The molecule has 0 aliphatic carbocycles. The molecule has 22 heavy (non-hydrogen) atoms. The molecule has 3 rings (SSSR count). The van der Waals surface area contributed by atoms with Crippen LogP contribution in [0, 0.1) is 5.92 Å². The minimum absolute atomic E-state index is 0.166. The molecule has 0 saturated carbocycles. The SMILES string of the molecule is COCCN1C[C@H]2[C@@H](C1)N(C(=O)c1ccsc1)CC[C@H]2OC. The Balaban J connectivity index is 1.74. The summed E-state index contributed by atoms with van der Waals surface area (Å²) < 4.78 is 10.9. The number of carbonyl (C=O) groups excluding carboxylic acids is 1. The van der Waals surface area contributed by atoms with Gasteiger partial charge in [0, 0.05) is 51.7 Å². The van der Waals surface area contributed by atoms with Crippen LogP contribution in [0.25, 0.3) is 0 Å². The number of hydrogen-bond acceptors (Lipinski definition) is 5. The molecule has 2 saturated heterocycles. The van der Waals surface area contributed by atoms with Crippen LogP contribution in [0.3, 0.4) is 0 Å². The van der Waals surface area contributed by atoms with Gasteiger partial charge in [-0.3, -0.25) is 9.69 Å². The number of thiophene rings is 1. The highest BCUT2D eigenvalue weighted by Crippen LogP contribution is 2.33. The van der Waals surface area contributed by atoms with Gasteiger partial charge in [-0.05, 0) is 17.9 Å². The van der Waals surface area contributed by atoms with Gasteiger partial charge in [0.2, 0.25) is 0 Å². The lowest BCUT2D eigenvalue weighted by atomic mass is 9.88. The summed E-state index contributed by atoms with van der Waals surface area (Å²) >= 11 is 1.57. The van der Waals surface area contributed by atoms with Crippen LogP contribution in [0.15, 0.2) is 16.8 Å². The molecule has 1 aromatic heterocycles. The van der Waals surface area contributed by atoms with E-state index in [0.29, 0.717) is 5.92 Å². The molecule has 3 atom stereocenters. The number of piperidine rings is 1. The third kappa shape index (κ3) is 3.06. The van der Waals surface area contributed by atoms with Gasteiger partial charge in [-0.15, -0.1) is 0 Å².